The number of rotatable bonds is 8. The van der Waals surface area contributed by atoms with Gasteiger partial charge in [-0.2, -0.15) is 0 Å². The molecule has 2 rings (SSSR count). The van der Waals surface area contributed by atoms with Gasteiger partial charge in [0.2, 0.25) is 0 Å². The van der Waals surface area contributed by atoms with Crippen LogP contribution in [0.25, 0.3) is 0 Å². The Morgan fingerprint density at radius 3 is 2.80 bits per heavy atom. The largest absolute Gasteiger partial charge is 0.493 e. The molecule has 20 heavy (non-hydrogen) atoms. The van der Waals surface area contributed by atoms with Gasteiger partial charge in [-0.25, -0.2) is 4.79 Å². The zero-order valence-electron chi connectivity index (χ0n) is 11.9. The van der Waals surface area contributed by atoms with Crippen molar-refractivity contribution in [1.82, 2.24) is 5.32 Å². The first-order valence-electron chi connectivity index (χ1n) is 6.94. The summed E-state index contributed by atoms with van der Waals surface area (Å²) in [6, 6.07) is 6.18. The van der Waals surface area contributed by atoms with Crippen molar-refractivity contribution in [2.75, 3.05) is 7.11 Å². The van der Waals surface area contributed by atoms with Crippen LogP contribution in [0.4, 0.5) is 0 Å². The van der Waals surface area contributed by atoms with Crippen LogP contribution in [0.15, 0.2) is 18.2 Å². The molecule has 0 saturated heterocycles. The summed E-state index contributed by atoms with van der Waals surface area (Å²) in [4.78, 5) is 11.1. The van der Waals surface area contributed by atoms with Gasteiger partial charge in [-0.05, 0) is 25.3 Å². The van der Waals surface area contributed by atoms with Crippen molar-refractivity contribution in [2.45, 2.75) is 44.9 Å². The van der Waals surface area contributed by atoms with Gasteiger partial charge in [-0.3, -0.25) is 0 Å². The Bertz CT molecular complexity index is 471. The van der Waals surface area contributed by atoms with Gasteiger partial charge in [0.25, 0.3) is 0 Å². The third-order valence-electron chi connectivity index (χ3n) is 3.35. The minimum Gasteiger partial charge on any atom is -0.493 e. The lowest BCUT2D eigenvalue weighted by atomic mass is 10.1. The molecule has 0 amide bonds. The van der Waals surface area contributed by atoms with E-state index >= 15 is 0 Å². The van der Waals surface area contributed by atoms with Gasteiger partial charge in [0.05, 0.1) is 7.11 Å². The number of para-hydroxylation sites is 1. The number of carboxylic acids is 1. The van der Waals surface area contributed by atoms with E-state index in [1.54, 1.807) is 20.1 Å². The summed E-state index contributed by atoms with van der Waals surface area (Å²) in [7, 11) is 1.56. The number of hydrogen-bond donors (Lipinski definition) is 2. The topological polar surface area (TPSA) is 67.8 Å². The number of methoxy groups -OCH3 is 1. The molecule has 1 aliphatic carbocycles. The Hall–Kier alpha value is -1.75. The van der Waals surface area contributed by atoms with Gasteiger partial charge >= 0.3 is 5.97 Å². The third-order valence-corrected chi connectivity index (χ3v) is 3.35. The van der Waals surface area contributed by atoms with E-state index in [9.17, 15) is 4.79 Å². The Morgan fingerprint density at radius 1 is 1.50 bits per heavy atom. The van der Waals surface area contributed by atoms with E-state index in [1.165, 1.54) is 12.8 Å². The van der Waals surface area contributed by atoms with Crippen molar-refractivity contribution in [3.63, 3.8) is 0 Å². The molecule has 1 fully saturated rings. The van der Waals surface area contributed by atoms with Gasteiger partial charge in [-0.15, -0.1) is 0 Å². The Labute approximate surface area is 118 Å². The molecule has 2 N–H and O–H groups in total. The maximum Gasteiger partial charge on any atom is 0.344 e. The molecule has 1 unspecified atom stereocenters. The smallest absolute Gasteiger partial charge is 0.344 e. The van der Waals surface area contributed by atoms with E-state index < -0.39 is 12.1 Å². The van der Waals surface area contributed by atoms with Gasteiger partial charge in [-0.1, -0.05) is 19.1 Å². The predicted molar refractivity (Wildman–Crippen MR) is 75.2 cm³/mol. The highest BCUT2D eigenvalue weighted by Gasteiger charge is 2.23. The van der Waals surface area contributed by atoms with E-state index in [-0.39, 0.29) is 0 Å². The van der Waals surface area contributed by atoms with Crippen LogP contribution in [0.5, 0.6) is 11.5 Å². The van der Waals surface area contributed by atoms with Crippen LogP contribution in [0, 0.1) is 0 Å². The lowest BCUT2D eigenvalue weighted by Crippen LogP contribution is -2.27. The fraction of sp³-hybridized carbons (Fsp3) is 0.533. The van der Waals surface area contributed by atoms with Gasteiger partial charge in [0, 0.05) is 18.2 Å². The fourth-order valence-electron chi connectivity index (χ4n) is 1.99. The zero-order chi connectivity index (χ0) is 14.5. The quantitative estimate of drug-likeness (QED) is 0.763. The third kappa shape index (κ3) is 3.63. The summed E-state index contributed by atoms with van der Waals surface area (Å²) in [6.45, 7) is 2.45. The highest BCUT2D eigenvalue weighted by atomic mass is 16.5. The number of nitrogens with one attached hydrogen (secondary N) is 1. The number of benzene rings is 1. The SMILES string of the molecule is CCC(Oc1c(CNC2CC2)cccc1OC)C(=O)O. The minimum absolute atomic E-state index is 0.406. The van der Waals surface area contributed by atoms with Crippen molar-refractivity contribution >= 4 is 5.97 Å². The monoisotopic (exact) mass is 279 g/mol. The lowest BCUT2D eigenvalue weighted by Gasteiger charge is -2.19. The predicted octanol–water partition coefficient (Wildman–Crippen LogP) is 2.19. The summed E-state index contributed by atoms with van der Waals surface area (Å²) < 4.78 is 11.0. The Kier molecular flexibility index (Phi) is 4.84. The lowest BCUT2D eigenvalue weighted by molar-refractivity contribution is -0.145. The van der Waals surface area contributed by atoms with Crippen LogP contribution < -0.4 is 14.8 Å². The Balaban J connectivity index is 2.18. The highest BCUT2D eigenvalue weighted by Crippen LogP contribution is 2.33. The van der Waals surface area contributed by atoms with E-state index in [0.29, 0.717) is 30.5 Å². The summed E-state index contributed by atoms with van der Waals surface area (Å²) in [5.41, 5.74) is 0.927. The molecule has 1 aliphatic rings. The molecule has 1 saturated carbocycles. The first kappa shape index (κ1) is 14.7. The maximum atomic E-state index is 11.1. The van der Waals surface area contributed by atoms with Crippen molar-refractivity contribution in [1.29, 1.82) is 0 Å². The van der Waals surface area contributed by atoms with Crippen molar-refractivity contribution in [2.24, 2.45) is 0 Å². The second-order valence-electron chi connectivity index (χ2n) is 4.96. The second-order valence-corrected chi connectivity index (χ2v) is 4.96. The fourth-order valence-corrected chi connectivity index (χ4v) is 1.99. The number of carbonyl (C=O) groups is 1. The molecular weight excluding hydrogens is 258 g/mol. The van der Waals surface area contributed by atoms with Crippen LogP contribution in [0.1, 0.15) is 31.7 Å². The maximum absolute atomic E-state index is 11.1. The summed E-state index contributed by atoms with van der Waals surface area (Å²) in [5, 5.41) is 12.5. The number of carboxylic acid groups (broad SMARTS) is 1. The molecule has 5 nitrogen and oxygen atoms in total. The van der Waals surface area contributed by atoms with Crippen LogP contribution >= 0.6 is 0 Å². The summed E-state index contributed by atoms with van der Waals surface area (Å²) in [6.07, 6.45) is 1.95. The van der Waals surface area contributed by atoms with E-state index in [1.807, 2.05) is 12.1 Å². The van der Waals surface area contributed by atoms with E-state index in [0.717, 1.165) is 5.56 Å². The van der Waals surface area contributed by atoms with E-state index in [4.69, 9.17) is 14.6 Å². The molecule has 0 spiro atoms. The molecule has 0 heterocycles. The standard InChI is InChI=1S/C15H21NO4/c1-3-12(15(17)18)20-14-10(9-16-11-7-8-11)5-4-6-13(14)19-2/h4-6,11-12,16H,3,7-9H2,1-2H3,(H,17,18). The number of hydrogen-bond acceptors (Lipinski definition) is 4. The molecule has 5 heteroatoms. The number of ether oxygens (including phenoxy) is 2. The normalized spacial score (nSPS) is 15.7. The summed E-state index contributed by atoms with van der Waals surface area (Å²) >= 11 is 0. The van der Waals surface area contributed by atoms with Crippen LogP contribution in [-0.2, 0) is 11.3 Å². The van der Waals surface area contributed by atoms with Crippen molar-refractivity contribution in [3.05, 3.63) is 23.8 Å². The molecule has 0 radical (unpaired) electrons. The molecule has 1 atom stereocenters. The average Bonchev–Trinajstić information content (AvgIpc) is 3.26. The molecule has 110 valence electrons. The minimum atomic E-state index is -0.959. The van der Waals surface area contributed by atoms with Crippen molar-refractivity contribution < 1.29 is 19.4 Å². The van der Waals surface area contributed by atoms with Gasteiger partial charge in [0.1, 0.15) is 0 Å². The molecule has 1 aromatic carbocycles. The van der Waals surface area contributed by atoms with Gasteiger partial charge < -0.3 is 19.9 Å². The highest BCUT2D eigenvalue weighted by molar-refractivity contribution is 5.73. The second kappa shape index (κ2) is 6.61. The zero-order valence-corrected chi connectivity index (χ0v) is 11.9. The molecule has 1 aromatic rings. The van der Waals surface area contributed by atoms with Gasteiger partial charge in [0.15, 0.2) is 17.6 Å². The molecular formula is C15H21NO4. The van der Waals surface area contributed by atoms with Crippen LogP contribution in [0.2, 0.25) is 0 Å². The first-order valence-corrected chi connectivity index (χ1v) is 6.94. The van der Waals surface area contributed by atoms with Crippen molar-refractivity contribution in [3.8, 4) is 11.5 Å². The molecule has 0 bridgehead atoms. The molecule has 0 aliphatic heterocycles. The van der Waals surface area contributed by atoms with Crippen LogP contribution in [-0.4, -0.2) is 30.3 Å². The molecule has 0 aromatic heterocycles. The Morgan fingerprint density at radius 2 is 2.25 bits per heavy atom. The first-order chi connectivity index (χ1) is 9.65. The summed E-state index contributed by atoms with van der Waals surface area (Å²) in [5.74, 6) is 0.136. The van der Waals surface area contributed by atoms with Crippen LogP contribution in [0.3, 0.4) is 0 Å². The number of aliphatic carboxylic acids is 1. The van der Waals surface area contributed by atoms with E-state index in [2.05, 4.69) is 5.32 Å². The average molecular weight is 279 g/mol.